The number of nitrogens with zero attached hydrogens (tertiary/aromatic N) is 1. The molecule has 1 aliphatic heterocycles. The van der Waals surface area contributed by atoms with Crippen molar-refractivity contribution in [2.24, 2.45) is 0 Å². The average molecular weight is 424 g/mol. The summed E-state index contributed by atoms with van der Waals surface area (Å²) >= 11 is 5.40. The van der Waals surface area contributed by atoms with Gasteiger partial charge < -0.3 is 10.6 Å². The zero-order chi connectivity index (χ0) is 19.8. The van der Waals surface area contributed by atoms with E-state index in [1.807, 2.05) is 12.1 Å². The molecule has 28 heavy (non-hydrogen) atoms. The Bertz CT molecular complexity index is 721. The second-order valence-corrected chi connectivity index (χ2v) is 10.3. The molecular weight excluding hydrogens is 390 g/mol. The summed E-state index contributed by atoms with van der Waals surface area (Å²) in [6.45, 7) is 2.02. The Hall–Kier alpha value is -1.18. The van der Waals surface area contributed by atoms with Crippen LogP contribution in [0.15, 0.2) is 29.2 Å². The molecule has 1 aromatic rings. The van der Waals surface area contributed by atoms with Crippen LogP contribution in [0.25, 0.3) is 0 Å². The molecular formula is C21H33N3O2S2. The van der Waals surface area contributed by atoms with Crippen LogP contribution < -0.4 is 10.6 Å². The fourth-order valence-corrected chi connectivity index (χ4v) is 5.85. The monoisotopic (exact) mass is 423 g/mol. The van der Waals surface area contributed by atoms with E-state index in [9.17, 15) is 8.42 Å². The molecule has 1 saturated heterocycles. The van der Waals surface area contributed by atoms with Gasteiger partial charge in [-0.05, 0) is 62.0 Å². The summed E-state index contributed by atoms with van der Waals surface area (Å²) in [7, 11) is -3.37. The van der Waals surface area contributed by atoms with Gasteiger partial charge in [0.1, 0.15) is 0 Å². The summed E-state index contributed by atoms with van der Waals surface area (Å²) in [4.78, 5) is 0.403. The molecule has 0 amide bonds. The Balaban J connectivity index is 1.46. The van der Waals surface area contributed by atoms with E-state index in [4.69, 9.17) is 12.2 Å². The molecule has 0 bridgehead atoms. The molecule has 1 aromatic carbocycles. The van der Waals surface area contributed by atoms with Crippen molar-refractivity contribution in [2.45, 2.75) is 75.1 Å². The molecule has 2 fully saturated rings. The van der Waals surface area contributed by atoms with Crippen LogP contribution in [-0.2, 0) is 16.4 Å². The van der Waals surface area contributed by atoms with Crippen molar-refractivity contribution in [3.8, 4) is 0 Å². The lowest BCUT2D eigenvalue weighted by molar-refractivity contribution is 0.412. The molecule has 0 atom stereocenters. The highest BCUT2D eigenvalue weighted by Crippen LogP contribution is 2.21. The van der Waals surface area contributed by atoms with E-state index in [0.717, 1.165) is 49.3 Å². The molecule has 7 heteroatoms. The first-order chi connectivity index (χ1) is 13.6. The van der Waals surface area contributed by atoms with Crippen LogP contribution >= 0.6 is 12.2 Å². The fourth-order valence-electron chi connectivity index (χ4n) is 4.06. The third-order valence-corrected chi connectivity index (χ3v) is 7.94. The van der Waals surface area contributed by atoms with E-state index in [0.29, 0.717) is 24.0 Å². The van der Waals surface area contributed by atoms with Crippen LogP contribution in [0.4, 0.5) is 0 Å². The Morgan fingerprint density at radius 2 is 1.57 bits per heavy atom. The highest BCUT2D eigenvalue weighted by molar-refractivity contribution is 7.89. The van der Waals surface area contributed by atoms with E-state index < -0.39 is 10.0 Å². The molecule has 0 spiro atoms. The number of thiocarbonyl (C=S) groups is 1. The highest BCUT2D eigenvalue weighted by Gasteiger charge is 2.24. The molecule has 3 rings (SSSR count). The maximum absolute atomic E-state index is 12.8. The fraction of sp³-hybridized carbons (Fsp3) is 0.667. The number of rotatable bonds is 6. The standard InChI is InChI=1S/C21H33N3O2S2/c25-28(26,24-16-6-1-2-7-17-24)20-12-10-18(11-13-20)14-15-22-21(27)23-19-8-4-3-5-9-19/h10-13,19H,1-9,14-17H2,(H2,22,23,27). The zero-order valence-corrected chi connectivity index (χ0v) is 18.3. The van der Waals surface area contributed by atoms with Crippen LogP contribution in [0.5, 0.6) is 0 Å². The highest BCUT2D eigenvalue weighted by atomic mass is 32.2. The minimum atomic E-state index is -3.37. The topological polar surface area (TPSA) is 61.4 Å². The molecule has 1 saturated carbocycles. The van der Waals surface area contributed by atoms with Crippen molar-refractivity contribution in [3.63, 3.8) is 0 Å². The van der Waals surface area contributed by atoms with Crippen LogP contribution in [0.1, 0.15) is 63.4 Å². The van der Waals surface area contributed by atoms with E-state index in [-0.39, 0.29) is 0 Å². The van der Waals surface area contributed by atoms with Crippen molar-refractivity contribution in [3.05, 3.63) is 29.8 Å². The molecule has 2 aliphatic rings. The van der Waals surface area contributed by atoms with Crippen molar-refractivity contribution in [2.75, 3.05) is 19.6 Å². The smallest absolute Gasteiger partial charge is 0.243 e. The predicted molar refractivity (Wildman–Crippen MR) is 118 cm³/mol. The quantitative estimate of drug-likeness (QED) is 0.685. The summed E-state index contributed by atoms with van der Waals surface area (Å²) in [5, 5.41) is 7.42. The second-order valence-electron chi connectivity index (χ2n) is 7.95. The Labute approximate surface area is 175 Å². The maximum atomic E-state index is 12.8. The first kappa shape index (κ1) is 21.5. The van der Waals surface area contributed by atoms with Gasteiger partial charge in [0.2, 0.25) is 10.0 Å². The van der Waals surface area contributed by atoms with Gasteiger partial charge in [-0.25, -0.2) is 8.42 Å². The lowest BCUT2D eigenvalue weighted by atomic mass is 9.96. The summed E-state index contributed by atoms with van der Waals surface area (Å²) in [5.41, 5.74) is 1.11. The second kappa shape index (κ2) is 10.6. The van der Waals surface area contributed by atoms with Gasteiger partial charge in [-0.1, -0.05) is 44.2 Å². The third kappa shape index (κ3) is 6.16. The number of benzene rings is 1. The van der Waals surface area contributed by atoms with Crippen molar-refractivity contribution in [1.29, 1.82) is 0 Å². The van der Waals surface area contributed by atoms with E-state index in [1.165, 1.54) is 32.1 Å². The molecule has 1 aliphatic carbocycles. The largest absolute Gasteiger partial charge is 0.362 e. The van der Waals surface area contributed by atoms with Crippen LogP contribution in [0, 0.1) is 0 Å². The lowest BCUT2D eigenvalue weighted by Gasteiger charge is -2.24. The summed E-state index contributed by atoms with van der Waals surface area (Å²) in [6, 6.07) is 7.84. The third-order valence-electron chi connectivity index (χ3n) is 5.77. The Kier molecular flexibility index (Phi) is 8.11. The average Bonchev–Trinajstić information content (AvgIpc) is 2.99. The van der Waals surface area contributed by atoms with Gasteiger partial charge in [0.25, 0.3) is 0 Å². The van der Waals surface area contributed by atoms with Gasteiger partial charge in [0, 0.05) is 25.7 Å². The zero-order valence-electron chi connectivity index (χ0n) is 16.7. The lowest BCUT2D eigenvalue weighted by Crippen LogP contribution is -2.43. The van der Waals surface area contributed by atoms with Gasteiger partial charge in [-0.15, -0.1) is 0 Å². The van der Waals surface area contributed by atoms with E-state index in [2.05, 4.69) is 10.6 Å². The normalized spacial score (nSPS) is 19.7. The van der Waals surface area contributed by atoms with Crippen molar-refractivity contribution < 1.29 is 8.42 Å². The van der Waals surface area contributed by atoms with Gasteiger partial charge in [0.05, 0.1) is 4.90 Å². The number of nitrogens with one attached hydrogen (secondary N) is 2. The van der Waals surface area contributed by atoms with Crippen molar-refractivity contribution >= 4 is 27.4 Å². The van der Waals surface area contributed by atoms with Gasteiger partial charge >= 0.3 is 0 Å². The molecule has 156 valence electrons. The Morgan fingerprint density at radius 3 is 2.21 bits per heavy atom. The molecule has 0 radical (unpaired) electrons. The number of hydrogen-bond donors (Lipinski definition) is 2. The number of hydrogen-bond acceptors (Lipinski definition) is 3. The number of sulfonamides is 1. The first-order valence-electron chi connectivity index (χ1n) is 10.7. The van der Waals surface area contributed by atoms with Gasteiger partial charge in [-0.2, -0.15) is 4.31 Å². The van der Waals surface area contributed by atoms with Gasteiger partial charge in [-0.3, -0.25) is 0 Å². The van der Waals surface area contributed by atoms with Crippen molar-refractivity contribution in [1.82, 2.24) is 14.9 Å². The van der Waals surface area contributed by atoms with Crippen LogP contribution in [-0.4, -0.2) is 43.5 Å². The van der Waals surface area contributed by atoms with E-state index in [1.54, 1.807) is 16.4 Å². The molecule has 0 aromatic heterocycles. The SMILES string of the molecule is O=S(=O)(c1ccc(CCNC(=S)NC2CCCCC2)cc1)N1CCCCCC1. The molecule has 0 unspecified atom stereocenters. The minimum Gasteiger partial charge on any atom is -0.362 e. The summed E-state index contributed by atoms with van der Waals surface area (Å²) < 4.78 is 27.3. The van der Waals surface area contributed by atoms with E-state index >= 15 is 0 Å². The minimum absolute atomic E-state index is 0.403. The summed E-state index contributed by atoms with van der Waals surface area (Å²) in [6.07, 6.45) is 11.3. The molecule has 5 nitrogen and oxygen atoms in total. The maximum Gasteiger partial charge on any atom is 0.243 e. The predicted octanol–water partition coefficient (Wildman–Crippen LogP) is 3.59. The summed E-state index contributed by atoms with van der Waals surface area (Å²) in [5.74, 6) is 0. The Morgan fingerprint density at radius 1 is 0.964 bits per heavy atom. The van der Waals surface area contributed by atoms with Gasteiger partial charge in [0.15, 0.2) is 5.11 Å². The van der Waals surface area contributed by atoms with Crippen LogP contribution in [0.3, 0.4) is 0 Å². The molecule has 1 heterocycles. The van der Waals surface area contributed by atoms with Crippen LogP contribution in [0.2, 0.25) is 0 Å². The molecule has 2 N–H and O–H groups in total. The first-order valence-corrected chi connectivity index (χ1v) is 12.5.